The minimum atomic E-state index is -0.493. The van der Waals surface area contributed by atoms with Gasteiger partial charge in [-0.15, -0.1) is 0 Å². The molecule has 2 N–H and O–H groups in total. The zero-order valence-corrected chi connectivity index (χ0v) is 22.6. The predicted molar refractivity (Wildman–Crippen MR) is 142 cm³/mol. The number of ether oxygens (including phenoxy) is 3. The van der Waals surface area contributed by atoms with E-state index >= 15 is 0 Å². The number of likely N-dealkylation sites (tertiary alicyclic amines) is 1. The molecule has 3 atom stereocenters. The van der Waals surface area contributed by atoms with E-state index in [4.69, 9.17) is 25.8 Å². The van der Waals surface area contributed by atoms with Gasteiger partial charge in [0.1, 0.15) is 17.5 Å². The van der Waals surface area contributed by atoms with Crippen LogP contribution in [0.15, 0.2) is 42.5 Å². The number of aliphatic hydroxyl groups excluding tert-OH is 2. The van der Waals surface area contributed by atoms with Crippen molar-refractivity contribution in [1.82, 2.24) is 4.90 Å². The Morgan fingerprint density at radius 1 is 1.11 bits per heavy atom. The van der Waals surface area contributed by atoms with Crippen LogP contribution < -0.4 is 4.74 Å². The molecule has 2 aromatic carbocycles. The SMILES string of the molecule is CC(C)(C)OC(=O)N1CCC(Oc2ccc(Cc3cc([C@H]4C[C@@H](O)C[C@@H](CO)O4)ccc3Cl)cc2)CC1. The number of amides is 1. The van der Waals surface area contributed by atoms with E-state index in [1.54, 1.807) is 4.90 Å². The van der Waals surface area contributed by atoms with Crippen molar-refractivity contribution in [3.63, 3.8) is 0 Å². The number of benzene rings is 2. The Bertz CT molecular complexity index is 1050. The average Bonchev–Trinajstić information content (AvgIpc) is 2.85. The third kappa shape index (κ3) is 7.84. The van der Waals surface area contributed by atoms with E-state index in [2.05, 4.69) is 0 Å². The van der Waals surface area contributed by atoms with Gasteiger partial charge in [-0.3, -0.25) is 0 Å². The standard InChI is InChI=1S/C29H38ClNO6/c1-29(2,3)37-28(34)31-12-10-24(11-13-31)35-23-7-4-19(5-8-23)14-21-15-20(6-9-26(21)30)27-17-22(33)16-25(18-32)36-27/h4-9,15,22,24-25,27,32-33H,10-14,16-18H2,1-3H3/t22-,25-,27+/m0/s1. The van der Waals surface area contributed by atoms with E-state index in [0.717, 1.165) is 35.3 Å². The number of aliphatic hydroxyl groups is 2. The number of carbonyl (C=O) groups is 1. The smallest absolute Gasteiger partial charge is 0.410 e. The molecule has 7 nitrogen and oxygen atoms in total. The number of rotatable bonds is 6. The molecule has 2 aliphatic heterocycles. The minimum absolute atomic E-state index is 0.0595. The molecule has 4 rings (SSSR count). The molecule has 2 saturated heterocycles. The molecular formula is C29H38ClNO6. The normalized spacial score (nSPS) is 23.1. The summed E-state index contributed by atoms with van der Waals surface area (Å²) in [6.45, 7) is 6.75. The highest BCUT2D eigenvalue weighted by atomic mass is 35.5. The van der Waals surface area contributed by atoms with Crippen LogP contribution in [0.25, 0.3) is 0 Å². The summed E-state index contributed by atoms with van der Waals surface area (Å²) in [5, 5.41) is 20.3. The monoisotopic (exact) mass is 531 g/mol. The van der Waals surface area contributed by atoms with Crippen molar-refractivity contribution in [1.29, 1.82) is 0 Å². The lowest BCUT2D eigenvalue weighted by molar-refractivity contribution is -0.113. The van der Waals surface area contributed by atoms with Crippen molar-refractivity contribution >= 4 is 17.7 Å². The molecule has 0 saturated carbocycles. The largest absolute Gasteiger partial charge is 0.490 e. The van der Waals surface area contributed by atoms with Crippen LogP contribution >= 0.6 is 11.6 Å². The zero-order chi connectivity index (χ0) is 26.6. The highest BCUT2D eigenvalue weighted by Gasteiger charge is 2.30. The van der Waals surface area contributed by atoms with Gasteiger partial charge in [-0.05, 0) is 62.1 Å². The molecule has 8 heteroatoms. The molecule has 0 aromatic heterocycles. The molecule has 37 heavy (non-hydrogen) atoms. The second kappa shape index (κ2) is 12.0. The molecule has 0 bridgehead atoms. The molecule has 2 aromatic rings. The fourth-order valence-electron chi connectivity index (χ4n) is 4.83. The fraction of sp³-hybridized carbons (Fsp3) is 0.552. The van der Waals surface area contributed by atoms with Gasteiger partial charge >= 0.3 is 6.09 Å². The molecule has 2 aliphatic rings. The topological polar surface area (TPSA) is 88.5 Å². The summed E-state index contributed by atoms with van der Waals surface area (Å²) in [5.41, 5.74) is 2.54. The number of hydrogen-bond donors (Lipinski definition) is 2. The third-order valence-corrected chi connectivity index (χ3v) is 7.11. The van der Waals surface area contributed by atoms with Gasteiger partial charge in [-0.25, -0.2) is 4.79 Å². The summed E-state index contributed by atoms with van der Waals surface area (Å²) in [4.78, 5) is 14.0. The molecule has 0 unspecified atom stereocenters. The second-order valence-corrected chi connectivity index (χ2v) is 11.4. The van der Waals surface area contributed by atoms with E-state index < -0.39 is 11.7 Å². The Morgan fingerprint density at radius 2 is 1.81 bits per heavy atom. The molecule has 2 heterocycles. The maximum absolute atomic E-state index is 12.3. The third-order valence-electron chi connectivity index (χ3n) is 6.74. The van der Waals surface area contributed by atoms with Crippen LogP contribution in [0.1, 0.15) is 69.2 Å². The number of piperidine rings is 1. The van der Waals surface area contributed by atoms with Crippen molar-refractivity contribution in [2.24, 2.45) is 0 Å². The average molecular weight is 532 g/mol. The van der Waals surface area contributed by atoms with Crippen molar-refractivity contribution in [3.8, 4) is 5.75 Å². The van der Waals surface area contributed by atoms with Crippen molar-refractivity contribution < 1.29 is 29.2 Å². The Balaban J connectivity index is 1.32. The van der Waals surface area contributed by atoms with Crippen LogP contribution in [-0.2, 0) is 15.9 Å². The van der Waals surface area contributed by atoms with Crippen LogP contribution in [0.3, 0.4) is 0 Å². The molecule has 0 aliphatic carbocycles. The van der Waals surface area contributed by atoms with Gasteiger partial charge < -0.3 is 29.3 Å². The second-order valence-electron chi connectivity index (χ2n) is 11.0. The van der Waals surface area contributed by atoms with Crippen LogP contribution in [0.4, 0.5) is 4.79 Å². The zero-order valence-electron chi connectivity index (χ0n) is 21.9. The Labute approximate surface area is 224 Å². The molecule has 202 valence electrons. The van der Waals surface area contributed by atoms with E-state index in [1.165, 1.54) is 0 Å². The highest BCUT2D eigenvalue weighted by molar-refractivity contribution is 6.31. The molecule has 1 amide bonds. The Kier molecular flexibility index (Phi) is 9.01. The highest BCUT2D eigenvalue weighted by Crippen LogP contribution is 2.34. The molecule has 0 spiro atoms. The summed E-state index contributed by atoms with van der Waals surface area (Å²) < 4.78 is 17.6. The van der Waals surface area contributed by atoms with Crippen molar-refractivity contribution in [2.45, 2.75) is 82.9 Å². The maximum atomic E-state index is 12.3. The maximum Gasteiger partial charge on any atom is 0.410 e. The number of carbonyl (C=O) groups excluding carboxylic acids is 1. The summed E-state index contributed by atoms with van der Waals surface area (Å²) in [5.74, 6) is 0.805. The van der Waals surface area contributed by atoms with Gasteiger partial charge in [0, 0.05) is 43.8 Å². The van der Waals surface area contributed by atoms with Crippen molar-refractivity contribution in [2.75, 3.05) is 19.7 Å². The predicted octanol–water partition coefficient (Wildman–Crippen LogP) is 5.28. The minimum Gasteiger partial charge on any atom is -0.490 e. The van der Waals surface area contributed by atoms with E-state index in [1.807, 2.05) is 63.2 Å². The van der Waals surface area contributed by atoms with Gasteiger partial charge in [0.15, 0.2) is 0 Å². The van der Waals surface area contributed by atoms with E-state index in [-0.39, 0.29) is 31.0 Å². The lowest BCUT2D eigenvalue weighted by atomic mass is 9.94. The van der Waals surface area contributed by atoms with Crippen LogP contribution in [0.5, 0.6) is 5.75 Å². The van der Waals surface area contributed by atoms with Gasteiger partial charge in [-0.2, -0.15) is 0 Å². The molecule has 2 fully saturated rings. The van der Waals surface area contributed by atoms with Crippen LogP contribution in [0, 0.1) is 0 Å². The lowest BCUT2D eigenvalue weighted by Crippen LogP contribution is -2.44. The summed E-state index contributed by atoms with van der Waals surface area (Å²) in [6, 6.07) is 13.8. The first-order valence-corrected chi connectivity index (χ1v) is 13.4. The quantitative estimate of drug-likeness (QED) is 0.527. The summed E-state index contributed by atoms with van der Waals surface area (Å²) in [6.07, 6.45) is 1.80. The number of nitrogens with zero attached hydrogens (tertiary/aromatic N) is 1. The van der Waals surface area contributed by atoms with E-state index in [9.17, 15) is 15.0 Å². The van der Waals surface area contributed by atoms with Gasteiger partial charge in [0.05, 0.1) is 24.9 Å². The van der Waals surface area contributed by atoms with Crippen molar-refractivity contribution in [3.05, 3.63) is 64.2 Å². The first-order chi connectivity index (χ1) is 17.6. The first-order valence-electron chi connectivity index (χ1n) is 13.1. The first kappa shape index (κ1) is 27.7. The summed E-state index contributed by atoms with van der Waals surface area (Å²) >= 11 is 6.51. The summed E-state index contributed by atoms with van der Waals surface area (Å²) in [7, 11) is 0. The fourth-order valence-corrected chi connectivity index (χ4v) is 5.02. The van der Waals surface area contributed by atoms with Crippen LogP contribution in [-0.4, -0.2) is 64.8 Å². The number of hydrogen-bond acceptors (Lipinski definition) is 6. The number of halogens is 1. The van der Waals surface area contributed by atoms with Gasteiger partial charge in [-0.1, -0.05) is 35.9 Å². The van der Waals surface area contributed by atoms with Crippen LogP contribution in [0.2, 0.25) is 5.02 Å². The lowest BCUT2D eigenvalue weighted by Gasteiger charge is -2.33. The molecule has 0 radical (unpaired) electrons. The van der Waals surface area contributed by atoms with Gasteiger partial charge in [0.25, 0.3) is 0 Å². The Morgan fingerprint density at radius 3 is 2.46 bits per heavy atom. The Hall–Kier alpha value is -2.32. The van der Waals surface area contributed by atoms with E-state index in [0.29, 0.717) is 37.4 Å². The molecular weight excluding hydrogens is 494 g/mol. The van der Waals surface area contributed by atoms with Gasteiger partial charge in [0.2, 0.25) is 0 Å².